The lowest BCUT2D eigenvalue weighted by Crippen LogP contribution is -2.42. The smallest absolute Gasteiger partial charge is 0.219 e. The summed E-state index contributed by atoms with van der Waals surface area (Å²) in [5, 5.41) is 4.29. The monoisotopic (exact) mass is 231 g/mol. The van der Waals surface area contributed by atoms with E-state index in [4.69, 9.17) is 0 Å². The highest BCUT2D eigenvalue weighted by Crippen LogP contribution is 2.13. The Kier molecular flexibility index (Phi) is 3.13. The summed E-state index contributed by atoms with van der Waals surface area (Å²) in [6.07, 6.45) is 0. The zero-order chi connectivity index (χ0) is 12.4. The Bertz CT molecular complexity index is 450. The van der Waals surface area contributed by atoms with Crippen LogP contribution in [-0.2, 0) is 4.79 Å². The first-order valence-corrected chi connectivity index (χ1v) is 5.70. The second-order valence-corrected chi connectivity index (χ2v) is 4.37. The van der Waals surface area contributed by atoms with Crippen molar-refractivity contribution in [3.05, 3.63) is 35.4 Å². The summed E-state index contributed by atoms with van der Waals surface area (Å²) in [4.78, 5) is 13.1. The SMILES string of the molecule is CC(=O)N(C)C1CNN=C1c1ccc(C)cc1. The van der Waals surface area contributed by atoms with E-state index in [2.05, 4.69) is 29.6 Å². The van der Waals surface area contributed by atoms with Gasteiger partial charge in [0.15, 0.2) is 0 Å². The van der Waals surface area contributed by atoms with Gasteiger partial charge >= 0.3 is 0 Å². The molecule has 0 aromatic heterocycles. The Labute approximate surface area is 101 Å². The molecule has 0 saturated carbocycles. The highest BCUT2D eigenvalue weighted by atomic mass is 16.2. The number of hydrazone groups is 1. The largest absolute Gasteiger partial charge is 0.335 e. The molecule has 4 nitrogen and oxygen atoms in total. The zero-order valence-corrected chi connectivity index (χ0v) is 10.4. The molecule has 90 valence electrons. The van der Waals surface area contributed by atoms with Crippen LogP contribution in [0.25, 0.3) is 0 Å². The normalized spacial score (nSPS) is 18.5. The van der Waals surface area contributed by atoms with Crippen LogP contribution < -0.4 is 5.43 Å². The van der Waals surface area contributed by atoms with Gasteiger partial charge in [-0.25, -0.2) is 0 Å². The fourth-order valence-electron chi connectivity index (χ4n) is 1.91. The average Bonchev–Trinajstić information content (AvgIpc) is 2.77. The molecule has 1 aliphatic heterocycles. The molecule has 1 aromatic carbocycles. The van der Waals surface area contributed by atoms with Crippen LogP contribution in [0, 0.1) is 6.92 Å². The molecule has 0 fully saturated rings. The summed E-state index contributed by atoms with van der Waals surface area (Å²) in [5.41, 5.74) is 6.19. The molecule has 0 saturated heterocycles. The van der Waals surface area contributed by atoms with Crippen LogP contribution in [-0.4, -0.2) is 36.2 Å². The van der Waals surface area contributed by atoms with Crippen molar-refractivity contribution in [1.82, 2.24) is 10.3 Å². The number of carbonyl (C=O) groups excluding carboxylic acids is 1. The maximum absolute atomic E-state index is 11.4. The van der Waals surface area contributed by atoms with Crippen molar-refractivity contribution in [2.75, 3.05) is 13.6 Å². The first kappa shape index (κ1) is 11.6. The van der Waals surface area contributed by atoms with E-state index in [0.717, 1.165) is 11.3 Å². The number of benzene rings is 1. The van der Waals surface area contributed by atoms with Crippen molar-refractivity contribution in [3.8, 4) is 0 Å². The molecule has 2 rings (SSSR count). The van der Waals surface area contributed by atoms with E-state index in [1.807, 2.05) is 19.2 Å². The molecular weight excluding hydrogens is 214 g/mol. The van der Waals surface area contributed by atoms with Gasteiger partial charge in [0.25, 0.3) is 0 Å². The van der Waals surface area contributed by atoms with Crippen LogP contribution in [0.15, 0.2) is 29.4 Å². The molecule has 1 aromatic rings. The number of carbonyl (C=O) groups is 1. The van der Waals surface area contributed by atoms with E-state index in [0.29, 0.717) is 6.54 Å². The van der Waals surface area contributed by atoms with Gasteiger partial charge in [-0.05, 0) is 12.5 Å². The third-order valence-corrected chi connectivity index (χ3v) is 3.11. The van der Waals surface area contributed by atoms with Crippen molar-refractivity contribution in [1.29, 1.82) is 0 Å². The van der Waals surface area contributed by atoms with Gasteiger partial charge < -0.3 is 10.3 Å². The highest BCUT2D eigenvalue weighted by molar-refractivity contribution is 6.06. The van der Waals surface area contributed by atoms with Gasteiger partial charge in [-0.15, -0.1) is 0 Å². The number of hydrogen-bond donors (Lipinski definition) is 1. The van der Waals surface area contributed by atoms with Crippen molar-refractivity contribution < 1.29 is 4.79 Å². The molecule has 1 heterocycles. The molecule has 1 aliphatic rings. The maximum Gasteiger partial charge on any atom is 0.219 e. The number of nitrogens with one attached hydrogen (secondary N) is 1. The van der Waals surface area contributed by atoms with E-state index in [9.17, 15) is 4.79 Å². The fourth-order valence-corrected chi connectivity index (χ4v) is 1.91. The van der Waals surface area contributed by atoms with Crippen LogP contribution in [0.4, 0.5) is 0 Å². The van der Waals surface area contributed by atoms with Crippen LogP contribution in [0.2, 0.25) is 0 Å². The Morgan fingerprint density at radius 3 is 2.65 bits per heavy atom. The van der Waals surface area contributed by atoms with Crippen molar-refractivity contribution >= 4 is 11.6 Å². The van der Waals surface area contributed by atoms with Crippen molar-refractivity contribution in [2.24, 2.45) is 5.10 Å². The minimum atomic E-state index is 0.0233. The molecule has 17 heavy (non-hydrogen) atoms. The topological polar surface area (TPSA) is 44.7 Å². The third kappa shape index (κ3) is 2.30. The Hall–Kier alpha value is -1.84. The molecule has 0 spiro atoms. The van der Waals surface area contributed by atoms with Crippen LogP contribution in [0.3, 0.4) is 0 Å². The lowest BCUT2D eigenvalue weighted by atomic mass is 10.0. The van der Waals surface area contributed by atoms with Crippen LogP contribution in [0.5, 0.6) is 0 Å². The van der Waals surface area contributed by atoms with E-state index in [-0.39, 0.29) is 11.9 Å². The Balaban J connectivity index is 2.25. The summed E-state index contributed by atoms with van der Waals surface area (Å²) in [6, 6.07) is 8.22. The predicted molar refractivity (Wildman–Crippen MR) is 68.0 cm³/mol. The Morgan fingerprint density at radius 1 is 1.41 bits per heavy atom. The van der Waals surface area contributed by atoms with Crippen LogP contribution >= 0.6 is 0 Å². The maximum atomic E-state index is 11.4. The summed E-state index contributed by atoms with van der Waals surface area (Å²) >= 11 is 0. The lowest BCUT2D eigenvalue weighted by Gasteiger charge is -2.23. The molecule has 4 heteroatoms. The number of nitrogens with zero attached hydrogens (tertiary/aromatic N) is 2. The summed E-state index contributed by atoms with van der Waals surface area (Å²) in [7, 11) is 1.81. The predicted octanol–water partition coefficient (Wildman–Crippen LogP) is 1.15. The first-order valence-electron chi connectivity index (χ1n) is 5.70. The second-order valence-electron chi connectivity index (χ2n) is 4.37. The molecule has 0 radical (unpaired) electrons. The van der Waals surface area contributed by atoms with E-state index in [1.54, 1.807) is 11.8 Å². The summed E-state index contributed by atoms with van der Waals surface area (Å²) in [6.45, 7) is 4.31. The standard InChI is InChI=1S/C13H17N3O/c1-9-4-6-11(7-5-9)13-12(8-14-15-13)16(3)10(2)17/h4-7,12,14H,8H2,1-3H3. The number of hydrogen-bond acceptors (Lipinski definition) is 3. The number of aryl methyl sites for hydroxylation is 1. The lowest BCUT2D eigenvalue weighted by molar-refractivity contribution is -0.128. The molecule has 1 unspecified atom stereocenters. The zero-order valence-electron chi connectivity index (χ0n) is 10.4. The number of likely N-dealkylation sites (N-methyl/N-ethyl adjacent to an activating group) is 1. The van der Waals surface area contributed by atoms with Gasteiger partial charge in [0.2, 0.25) is 5.91 Å². The van der Waals surface area contributed by atoms with Gasteiger partial charge in [0.1, 0.15) is 0 Å². The second kappa shape index (κ2) is 4.57. The van der Waals surface area contributed by atoms with Gasteiger partial charge in [-0.3, -0.25) is 4.79 Å². The molecule has 0 aliphatic carbocycles. The van der Waals surface area contributed by atoms with Crippen molar-refractivity contribution in [3.63, 3.8) is 0 Å². The first-order chi connectivity index (χ1) is 8.09. The van der Waals surface area contributed by atoms with Gasteiger partial charge in [0, 0.05) is 14.0 Å². The molecule has 0 bridgehead atoms. The van der Waals surface area contributed by atoms with E-state index >= 15 is 0 Å². The summed E-state index contributed by atoms with van der Waals surface area (Å²) < 4.78 is 0. The van der Waals surface area contributed by atoms with Gasteiger partial charge in [-0.2, -0.15) is 5.10 Å². The number of rotatable bonds is 2. The van der Waals surface area contributed by atoms with E-state index in [1.165, 1.54) is 5.56 Å². The molecule has 1 N–H and O–H groups in total. The van der Waals surface area contributed by atoms with Gasteiger partial charge in [0.05, 0.1) is 18.3 Å². The minimum absolute atomic E-state index is 0.0233. The third-order valence-electron chi connectivity index (χ3n) is 3.11. The molecule has 1 amide bonds. The van der Waals surface area contributed by atoms with E-state index < -0.39 is 0 Å². The average molecular weight is 231 g/mol. The fraction of sp³-hybridized carbons (Fsp3) is 0.385. The van der Waals surface area contributed by atoms with Crippen LogP contribution in [0.1, 0.15) is 18.1 Å². The number of amides is 1. The molecule has 1 atom stereocenters. The Morgan fingerprint density at radius 2 is 2.06 bits per heavy atom. The highest BCUT2D eigenvalue weighted by Gasteiger charge is 2.27. The van der Waals surface area contributed by atoms with Gasteiger partial charge in [-0.1, -0.05) is 29.8 Å². The quantitative estimate of drug-likeness (QED) is 0.829. The minimum Gasteiger partial charge on any atom is -0.335 e. The summed E-state index contributed by atoms with van der Waals surface area (Å²) in [5.74, 6) is 0.0542. The van der Waals surface area contributed by atoms with Crippen molar-refractivity contribution in [2.45, 2.75) is 19.9 Å². The molecular formula is C13H17N3O.